The third-order valence-electron chi connectivity index (χ3n) is 3.26. The molecular formula is C16H14FN3O3S. The minimum Gasteiger partial charge on any atom is -0.330 e. The summed E-state index contributed by atoms with van der Waals surface area (Å²) in [5, 5.41) is 15.4. The Morgan fingerprint density at radius 3 is 2.50 bits per heavy atom. The number of nitro benzene ring substituents is 1. The molecule has 0 saturated heterocycles. The van der Waals surface area contributed by atoms with Crippen molar-refractivity contribution >= 4 is 34.6 Å². The summed E-state index contributed by atoms with van der Waals surface area (Å²) in [6.07, 6.45) is 0.855. The Bertz CT molecular complexity index is 794. The second kappa shape index (κ2) is 7.60. The maximum Gasteiger partial charge on any atom is 0.271 e. The fourth-order valence-electron chi connectivity index (χ4n) is 1.94. The van der Waals surface area contributed by atoms with Gasteiger partial charge in [-0.2, -0.15) is 0 Å². The quantitative estimate of drug-likeness (QED) is 0.503. The molecule has 6 nitrogen and oxygen atoms in total. The molecule has 8 heteroatoms. The molecule has 24 heavy (non-hydrogen) atoms. The number of benzene rings is 2. The van der Waals surface area contributed by atoms with Crippen molar-refractivity contribution in [2.24, 2.45) is 0 Å². The Labute approximate surface area is 142 Å². The predicted molar refractivity (Wildman–Crippen MR) is 92.6 cm³/mol. The van der Waals surface area contributed by atoms with E-state index in [9.17, 15) is 19.3 Å². The average Bonchev–Trinajstić information content (AvgIpc) is 2.56. The van der Waals surface area contributed by atoms with Gasteiger partial charge in [0.25, 0.3) is 11.6 Å². The van der Waals surface area contributed by atoms with E-state index in [1.165, 1.54) is 0 Å². The van der Waals surface area contributed by atoms with Gasteiger partial charge >= 0.3 is 0 Å². The van der Waals surface area contributed by atoms with E-state index in [1.807, 2.05) is 19.1 Å². The highest BCUT2D eigenvalue weighted by Gasteiger charge is 2.13. The molecule has 0 fully saturated rings. The van der Waals surface area contributed by atoms with Gasteiger partial charge in [0.15, 0.2) is 5.11 Å². The fraction of sp³-hybridized carbons (Fsp3) is 0.125. The van der Waals surface area contributed by atoms with Gasteiger partial charge in [0.2, 0.25) is 0 Å². The van der Waals surface area contributed by atoms with Crippen molar-refractivity contribution in [3.05, 3.63) is 69.5 Å². The molecule has 0 atom stereocenters. The van der Waals surface area contributed by atoms with Gasteiger partial charge in [-0.3, -0.25) is 20.2 Å². The number of nitro groups is 1. The molecule has 0 bridgehead atoms. The molecule has 0 aliphatic rings. The van der Waals surface area contributed by atoms with Gasteiger partial charge in [-0.1, -0.05) is 19.1 Å². The van der Waals surface area contributed by atoms with Crippen LogP contribution in [0, 0.1) is 15.9 Å². The van der Waals surface area contributed by atoms with Crippen LogP contribution >= 0.6 is 12.2 Å². The van der Waals surface area contributed by atoms with Gasteiger partial charge in [0.1, 0.15) is 5.82 Å². The van der Waals surface area contributed by atoms with Crippen molar-refractivity contribution in [1.82, 2.24) is 5.32 Å². The van der Waals surface area contributed by atoms with Crippen LogP contribution in [-0.4, -0.2) is 15.9 Å². The summed E-state index contributed by atoms with van der Waals surface area (Å²) >= 11 is 4.95. The molecule has 2 N–H and O–H groups in total. The van der Waals surface area contributed by atoms with Crippen LogP contribution in [0.2, 0.25) is 0 Å². The number of anilines is 1. The lowest BCUT2D eigenvalue weighted by Gasteiger charge is -2.10. The largest absolute Gasteiger partial charge is 0.330 e. The Morgan fingerprint density at radius 1 is 1.25 bits per heavy atom. The van der Waals surface area contributed by atoms with Gasteiger partial charge < -0.3 is 5.32 Å². The number of rotatable bonds is 4. The number of thiocarbonyl (C=S) groups is 1. The Hall–Kier alpha value is -2.87. The molecule has 1 amide bonds. The van der Waals surface area contributed by atoms with Crippen molar-refractivity contribution < 1.29 is 14.1 Å². The van der Waals surface area contributed by atoms with Gasteiger partial charge in [0.05, 0.1) is 10.6 Å². The molecule has 0 radical (unpaired) electrons. The van der Waals surface area contributed by atoms with E-state index in [1.54, 1.807) is 12.1 Å². The number of hydrogen-bond acceptors (Lipinski definition) is 4. The maximum absolute atomic E-state index is 13.7. The van der Waals surface area contributed by atoms with E-state index < -0.39 is 16.6 Å². The Kier molecular flexibility index (Phi) is 5.54. The van der Waals surface area contributed by atoms with Crippen LogP contribution in [0.5, 0.6) is 0 Å². The first-order valence-corrected chi connectivity index (χ1v) is 7.46. The highest BCUT2D eigenvalue weighted by molar-refractivity contribution is 7.80. The summed E-state index contributed by atoms with van der Waals surface area (Å²) in [4.78, 5) is 22.1. The zero-order valence-corrected chi connectivity index (χ0v) is 13.5. The van der Waals surface area contributed by atoms with Crippen molar-refractivity contribution in [3.8, 4) is 0 Å². The fourth-order valence-corrected chi connectivity index (χ4v) is 2.15. The monoisotopic (exact) mass is 347 g/mol. The lowest BCUT2D eigenvalue weighted by molar-refractivity contribution is -0.384. The van der Waals surface area contributed by atoms with E-state index in [2.05, 4.69) is 10.6 Å². The predicted octanol–water partition coefficient (Wildman–Crippen LogP) is 3.42. The number of carbonyl (C=O) groups excluding carboxylic acids is 1. The number of carbonyl (C=O) groups is 1. The van der Waals surface area contributed by atoms with E-state index in [0.717, 1.165) is 30.2 Å². The summed E-state index contributed by atoms with van der Waals surface area (Å²) in [6, 6.07) is 9.96. The molecule has 0 unspecified atom stereocenters. The lowest BCUT2D eigenvalue weighted by Crippen LogP contribution is -2.34. The summed E-state index contributed by atoms with van der Waals surface area (Å²) < 4.78 is 13.7. The van der Waals surface area contributed by atoms with Crippen LogP contribution in [0.1, 0.15) is 22.8 Å². The summed E-state index contributed by atoms with van der Waals surface area (Å²) in [5.41, 5.74) is 1.01. The SMILES string of the molecule is CCc1ccc(C(=O)NC(=S)Nc2cc([N+](=O)[O-])ccc2F)cc1. The Balaban J connectivity index is 2.06. The first kappa shape index (κ1) is 17.5. The van der Waals surface area contributed by atoms with Crippen molar-refractivity contribution in [2.45, 2.75) is 13.3 Å². The molecule has 124 valence electrons. The first-order chi connectivity index (χ1) is 11.4. The molecule has 0 aromatic heterocycles. The molecular weight excluding hydrogens is 333 g/mol. The van der Waals surface area contributed by atoms with Gasteiger partial charge in [-0.05, 0) is 42.4 Å². The van der Waals surface area contributed by atoms with Crippen molar-refractivity contribution in [1.29, 1.82) is 0 Å². The number of nitrogens with zero attached hydrogens (tertiary/aromatic N) is 1. The van der Waals surface area contributed by atoms with E-state index in [-0.39, 0.29) is 16.5 Å². The van der Waals surface area contributed by atoms with Gasteiger partial charge in [-0.15, -0.1) is 0 Å². The molecule has 2 rings (SSSR count). The summed E-state index contributed by atoms with van der Waals surface area (Å²) in [7, 11) is 0. The third kappa shape index (κ3) is 4.32. The minimum absolute atomic E-state index is 0.154. The minimum atomic E-state index is -0.718. The number of halogens is 1. The maximum atomic E-state index is 13.7. The van der Waals surface area contributed by atoms with E-state index in [0.29, 0.717) is 5.56 Å². The van der Waals surface area contributed by atoms with Gasteiger partial charge in [-0.25, -0.2) is 4.39 Å². The van der Waals surface area contributed by atoms with Crippen molar-refractivity contribution in [3.63, 3.8) is 0 Å². The molecule has 0 saturated carbocycles. The Morgan fingerprint density at radius 2 is 1.92 bits per heavy atom. The number of hydrogen-bond donors (Lipinski definition) is 2. The lowest BCUT2D eigenvalue weighted by atomic mass is 10.1. The van der Waals surface area contributed by atoms with Crippen LogP contribution < -0.4 is 10.6 Å². The van der Waals surface area contributed by atoms with Crippen LogP contribution in [0.4, 0.5) is 15.8 Å². The second-order valence-electron chi connectivity index (χ2n) is 4.88. The van der Waals surface area contributed by atoms with E-state index in [4.69, 9.17) is 12.2 Å². The number of non-ortho nitro benzene ring substituents is 1. The summed E-state index contributed by atoms with van der Waals surface area (Å²) in [6.45, 7) is 2.00. The van der Waals surface area contributed by atoms with E-state index >= 15 is 0 Å². The molecule has 0 spiro atoms. The highest BCUT2D eigenvalue weighted by Crippen LogP contribution is 2.21. The van der Waals surface area contributed by atoms with Crippen LogP contribution in [0.25, 0.3) is 0 Å². The summed E-state index contributed by atoms with van der Waals surface area (Å²) in [5.74, 6) is -1.18. The molecule has 0 aliphatic heterocycles. The smallest absolute Gasteiger partial charge is 0.271 e. The molecule has 0 aliphatic carbocycles. The number of nitrogens with one attached hydrogen (secondary N) is 2. The second-order valence-corrected chi connectivity index (χ2v) is 5.29. The third-order valence-corrected chi connectivity index (χ3v) is 3.46. The average molecular weight is 347 g/mol. The molecule has 0 heterocycles. The highest BCUT2D eigenvalue weighted by atomic mass is 32.1. The zero-order valence-electron chi connectivity index (χ0n) is 12.7. The molecule has 2 aromatic rings. The normalized spacial score (nSPS) is 10.1. The van der Waals surface area contributed by atoms with Crippen molar-refractivity contribution in [2.75, 3.05) is 5.32 Å². The molecule has 2 aromatic carbocycles. The number of aryl methyl sites for hydroxylation is 1. The standard InChI is InChI=1S/C16H14FN3O3S/c1-2-10-3-5-11(6-4-10)15(21)19-16(24)18-14-9-12(20(22)23)7-8-13(14)17/h3-9H,2H2,1H3,(H2,18,19,21,24). The van der Waals surface area contributed by atoms with Crippen LogP contribution in [-0.2, 0) is 6.42 Å². The first-order valence-electron chi connectivity index (χ1n) is 7.06. The number of amides is 1. The van der Waals surface area contributed by atoms with Crippen LogP contribution in [0.15, 0.2) is 42.5 Å². The van der Waals surface area contributed by atoms with Gasteiger partial charge in [0, 0.05) is 17.7 Å². The topological polar surface area (TPSA) is 84.3 Å². The zero-order chi connectivity index (χ0) is 17.7. The van der Waals surface area contributed by atoms with Crippen LogP contribution in [0.3, 0.4) is 0 Å².